The highest BCUT2D eigenvalue weighted by molar-refractivity contribution is 7.14. The molecule has 0 spiro atoms. The highest BCUT2D eigenvalue weighted by Gasteiger charge is 2.29. The van der Waals surface area contributed by atoms with E-state index in [-0.39, 0.29) is 18.1 Å². The number of nitrogens with two attached hydrogens (primary N) is 1. The topological polar surface area (TPSA) is 55.6 Å². The quantitative estimate of drug-likeness (QED) is 0.800. The van der Waals surface area contributed by atoms with Crippen LogP contribution in [0.1, 0.15) is 34.0 Å². The lowest BCUT2D eigenvalue weighted by molar-refractivity contribution is -0.0385. The summed E-state index contributed by atoms with van der Waals surface area (Å²) in [7, 11) is 0. The zero-order valence-electron chi connectivity index (χ0n) is 12.1. The van der Waals surface area contributed by atoms with E-state index in [1.54, 1.807) is 0 Å². The van der Waals surface area contributed by atoms with E-state index in [4.69, 9.17) is 10.5 Å². The molecule has 0 aromatic carbocycles. The van der Waals surface area contributed by atoms with Gasteiger partial charge in [-0.25, -0.2) is 0 Å². The molecule has 2 N–H and O–H groups in total. The van der Waals surface area contributed by atoms with Crippen LogP contribution in [0.25, 0.3) is 0 Å². The zero-order valence-corrected chi connectivity index (χ0v) is 12.9. The van der Waals surface area contributed by atoms with Gasteiger partial charge in [0.05, 0.1) is 35.1 Å². The number of carbonyl (C=O) groups excluding carboxylic acids is 1. The van der Waals surface area contributed by atoms with Crippen LogP contribution in [-0.4, -0.2) is 42.6 Å². The summed E-state index contributed by atoms with van der Waals surface area (Å²) in [6.07, 6.45) is 0.0905. The van der Waals surface area contributed by atoms with Crippen LogP contribution in [0.2, 0.25) is 0 Å². The Bertz CT molecular complexity index is 556. The summed E-state index contributed by atoms with van der Waals surface area (Å²) in [6, 6.07) is 2.03. The molecule has 2 atom stereocenters. The minimum absolute atomic E-state index is 0.0709. The molecular weight excluding hydrogens is 272 g/mol. The highest BCUT2D eigenvalue weighted by atomic mass is 32.1. The van der Waals surface area contributed by atoms with Crippen molar-refractivity contribution < 1.29 is 9.53 Å². The number of hydrogen-bond donors (Lipinski definition) is 1. The summed E-state index contributed by atoms with van der Waals surface area (Å²) in [6.45, 7) is 7.54. The normalized spacial score (nSPS) is 22.3. The lowest BCUT2D eigenvalue weighted by Gasteiger charge is -2.36. The Morgan fingerprint density at radius 3 is 3.05 bits per heavy atom. The second kappa shape index (κ2) is 6.40. The van der Waals surface area contributed by atoms with Crippen molar-refractivity contribution in [1.82, 2.24) is 4.90 Å². The fourth-order valence-corrected chi connectivity index (χ4v) is 3.17. The molecule has 2 unspecified atom stereocenters. The molecule has 1 amide bonds. The van der Waals surface area contributed by atoms with E-state index < -0.39 is 0 Å². The summed E-state index contributed by atoms with van der Waals surface area (Å²) in [4.78, 5) is 16.2. The largest absolute Gasteiger partial charge is 0.375 e. The summed E-state index contributed by atoms with van der Waals surface area (Å²) in [5, 5.41) is 0. The van der Waals surface area contributed by atoms with Crippen LogP contribution in [0, 0.1) is 18.8 Å². The summed E-state index contributed by atoms with van der Waals surface area (Å²) >= 11 is 1.44. The molecule has 2 heterocycles. The van der Waals surface area contributed by atoms with Crippen molar-refractivity contribution in [3.63, 3.8) is 0 Å². The second-order valence-corrected chi connectivity index (χ2v) is 6.13. The minimum Gasteiger partial charge on any atom is -0.375 e. The monoisotopic (exact) mass is 292 g/mol. The summed E-state index contributed by atoms with van der Waals surface area (Å²) < 4.78 is 5.56. The van der Waals surface area contributed by atoms with Gasteiger partial charge in [-0.1, -0.05) is 11.8 Å². The molecule has 1 saturated heterocycles. The predicted molar refractivity (Wildman–Crippen MR) is 80.9 cm³/mol. The molecule has 5 heteroatoms. The first-order valence-corrected chi connectivity index (χ1v) is 7.56. The maximum absolute atomic E-state index is 12.6. The molecule has 0 aliphatic carbocycles. The molecular formula is C15H20N2O2S. The van der Waals surface area contributed by atoms with Crippen molar-refractivity contribution >= 4 is 17.2 Å². The van der Waals surface area contributed by atoms with Gasteiger partial charge in [0, 0.05) is 6.54 Å². The van der Waals surface area contributed by atoms with Crippen molar-refractivity contribution in [2.75, 3.05) is 19.7 Å². The van der Waals surface area contributed by atoms with Crippen molar-refractivity contribution in [3.05, 3.63) is 21.4 Å². The summed E-state index contributed by atoms with van der Waals surface area (Å²) in [5.74, 6) is 5.93. The van der Waals surface area contributed by atoms with Crippen molar-refractivity contribution in [2.45, 2.75) is 32.9 Å². The van der Waals surface area contributed by atoms with Crippen molar-refractivity contribution in [2.24, 2.45) is 5.73 Å². The first-order valence-electron chi connectivity index (χ1n) is 6.75. The molecule has 0 radical (unpaired) electrons. The molecule has 20 heavy (non-hydrogen) atoms. The third kappa shape index (κ3) is 3.21. The Kier molecular flexibility index (Phi) is 4.81. The van der Waals surface area contributed by atoms with Crippen LogP contribution < -0.4 is 5.73 Å². The van der Waals surface area contributed by atoms with Crippen LogP contribution in [0.15, 0.2) is 6.07 Å². The van der Waals surface area contributed by atoms with Crippen molar-refractivity contribution in [1.29, 1.82) is 0 Å². The van der Waals surface area contributed by atoms with Gasteiger partial charge in [0.25, 0.3) is 5.91 Å². The maximum atomic E-state index is 12.6. The van der Waals surface area contributed by atoms with Crippen LogP contribution in [-0.2, 0) is 4.74 Å². The van der Waals surface area contributed by atoms with Crippen molar-refractivity contribution in [3.8, 4) is 11.8 Å². The molecule has 1 aromatic heterocycles. The standard InChI is InChI=1S/C15H20N2O2S/c1-10-7-14(20-13(10)5-4-6-16)15(18)17-8-12(3)19-9-11(17)2/h7,11-12H,6,8-9,16H2,1-3H3. The molecule has 4 nitrogen and oxygen atoms in total. The molecule has 0 bridgehead atoms. The SMILES string of the molecule is Cc1cc(C(=O)N2CC(C)OCC2C)sc1C#CCN. The Hall–Kier alpha value is -1.35. The molecule has 1 aromatic rings. The number of nitrogens with zero attached hydrogens (tertiary/aromatic N) is 1. The third-order valence-electron chi connectivity index (χ3n) is 3.30. The van der Waals surface area contributed by atoms with E-state index in [0.29, 0.717) is 19.7 Å². The number of rotatable bonds is 1. The number of carbonyl (C=O) groups is 1. The Labute approximate surface area is 123 Å². The molecule has 108 valence electrons. The Balaban J connectivity index is 2.20. The average Bonchev–Trinajstić information content (AvgIpc) is 2.79. The lowest BCUT2D eigenvalue weighted by atomic mass is 10.2. The maximum Gasteiger partial charge on any atom is 0.264 e. The summed E-state index contributed by atoms with van der Waals surface area (Å²) in [5.41, 5.74) is 6.42. The molecule has 2 rings (SSSR count). The minimum atomic E-state index is 0.0709. The second-order valence-electron chi connectivity index (χ2n) is 5.08. The smallest absolute Gasteiger partial charge is 0.264 e. The number of thiophene rings is 1. The van der Waals surface area contributed by atoms with Gasteiger partial charge in [0.1, 0.15) is 0 Å². The van der Waals surface area contributed by atoms with E-state index >= 15 is 0 Å². The number of amides is 1. The highest BCUT2D eigenvalue weighted by Crippen LogP contribution is 2.24. The number of morpholine rings is 1. The van der Waals surface area contributed by atoms with Gasteiger partial charge in [0.15, 0.2) is 0 Å². The van der Waals surface area contributed by atoms with Gasteiger partial charge in [-0.15, -0.1) is 11.3 Å². The van der Waals surface area contributed by atoms with Gasteiger partial charge in [-0.3, -0.25) is 4.79 Å². The first-order chi connectivity index (χ1) is 9.52. The lowest BCUT2D eigenvalue weighted by Crippen LogP contribution is -2.50. The fraction of sp³-hybridized carbons (Fsp3) is 0.533. The van der Waals surface area contributed by atoms with Crippen LogP contribution in [0.4, 0.5) is 0 Å². The van der Waals surface area contributed by atoms with Gasteiger partial charge in [-0.05, 0) is 32.4 Å². The predicted octanol–water partition coefficient (Wildman–Crippen LogP) is 1.62. The number of aryl methyl sites for hydroxylation is 1. The number of ether oxygens (including phenoxy) is 1. The molecule has 1 aliphatic heterocycles. The van der Waals surface area contributed by atoms with E-state index in [1.807, 2.05) is 31.7 Å². The van der Waals surface area contributed by atoms with E-state index in [0.717, 1.165) is 15.3 Å². The first kappa shape index (κ1) is 15.0. The molecule has 0 saturated carbocycles. The average molecular weight is 292 g/mol. The third-order valence-corrected chi connectivity index (χ3v) is 4.44. The Morgan fingerprint density at radius 1 is 1.60 bits per heavy atom. The van der Waals surface area contributed by atoms with Crippen LogP contribution in [0.3, 0.4) is 0 Å². The van der Waals surface area contributed by atoms with Crippen LogP contribution >= 0.6 is 11.3 Å². The fourth-order valence-electron chi connectivity index (χ4n) is 2.17. The molecule has 1 aliphatic rings. The van der Waals surface area contributed by atoms with Gasteiger partial charge in [0.2, 0.25) is 0 Å². The van der Waals surface area contributed by atoms with Gasteiger partial charge < -0.3 is 15.4 Å². The van der Waals surface area contributed by atoms with E-state index in [9.17, 15) is 4.79 Å². The van der Waals surface area contributed by atoms with Gasteiger partial charge in [-0.2, -0.15) is 0 Å². The van der Waals surface area contributed by atoms with E-state index in [2.05, 4.69) is 11.8 Å². The zero-order chi connectivity index (χ0) is 14.7. The van der Waals surface area contributed by atoms with Crippen LogP contribution in [0.5, 0.6) is 0 Å². The Morgan fingerprint density at radius 2 is 2.35 bits per heavy atom. The molecule has 1 fully saturated rings. The number of hydrogen-bond acceptors (Lipinski definition) is 4. The van der Waals surface area contributed by atoms with Gasteiger partial charge >= 0.3 is 0 Å². The van der Waals surface area contributed by atoms with E-state index in [1.165, 1.54) is 11.3 Å².